The molecule has 0 saturated heterocycles. The number of thioether (sulfide) groups is 1. The minimum absolute atomic E-state index is 0.0792. The molecule has 0 radical (unpaired) electrons. The lowest BCUT2D eigenvalue weighted by atomic mass is 10.3. The molecule has 4 nitrogen and oxygen atoms in total. The lowest BCUT2D eigenvalue weighted by Crippen LogP contribution is -2.26. The Balaban J connectivity index is 1.93. The Morgan fingerprint density at radius 2 is 2.33 bits per heavy atom. The number of nitrogens with one attached hydrogen (secondary N) is 2. The molecule has 96 valence electrons. The fourth-order valence-electron chi connectivity index (χ4n) is 1.47. The summed E-state index contributed by atoms with van der Waals surface area (Å²) in [7, 11) is 0. The number of halogens is 1. The zero-order chi connectivity index (χ0) is 13.0. The summed E-state index contributed by atoms with van der Waals surface area (Å²) in [5.74, 6) is -0.0792. The number of hydrogen-bond acceptors (Lipinski definition) is 4. The molecule has 6 heteroatoms. The molecule has 1 aliphatic heterocycles. The van der Waals surface area contributed by atoms with Crippen LogP contribution in [0.4, 0.5) is 5.69 Å². The van der Waals surface area contributed by atoms with Crippen LogP contribution in [0.15, 0.2) is 29.3 Å². The van der Waals surface area contributed by atoms with Gasteiger partial charge in [0.15, 0.2) is 5.17 Å². The predicted molar refractivity (Wildman–Crippen MR) is 77.4 cm³/mol. The van der Waals surface area contributed by atoms with Gasteiger partial charge in [-0.25, -0.2) is 0 Å². The van der Waals surface area contributed by atoms with Gasteiger partial charge in [0, 0.05) is 6.54 Å². The van der Waals surface area contributed by atoms with E-state index in [9.17, 15) is 4.79 Å². The highest BCUT2D eigenvalue weighted by Crippen LogP contribution is 2.22. The summed E-state index contributed by atoms with van der Waals surface area (Å²) in [4.78, 5) is 16.2. The third-order valence-electron chi connectivity index (χ3n) is 2.43. The Kier molecular flexibility index (Phi) is 4.49. The van der Waals surface area contributed by atoms with E-state index in [0.717, 1.165) is 18.3 Å². The van der Waals surface area contributed by atoms with Crippen molar-refractivity contribution in [2.24, 2.45) is 4.99 Å². The molecular formula is C12H14ClN3OS. The summed E-state index contributed by atoms with van der Waals surface area (Å²) in [6.45, 7) is 3.47. The topological polar surface area (TPSA) is 53.5 Å². The van der Waals surface area contributed by atoms with Gasteiger partial charge in [0.25, 0.3) is 0 Å². The van der Waals surface area contributed by atoms with Gasteiger partial charge in [-0.05, 0) is 19.1 Å². The van der Waals surface area contributed by atoms with Crippen molar-refractivity contribution in [3.05, 3.63) is 29.3 Å². The van der Waals surface area contributed by atoms with Crippen molar-refractivity contribution >= 4 is 40.1 Å². The smallest absolute Gasteiger partial charge is 0.237 e. The van der Waals surface area contributed by atoms with Crippen LogP contribution in [0.3, 0.4) is 0 Å². The molecule has 1 aromatic rings. The molecule has 1 heterocycles. The van der Waals surface area contributed by atoms with Crippen LogP contribution < -0.4 is 10.6 Å². The number of nitrogens with zero attached hydrogens (tertiary/aromatic N) is 1. The normalized spacial score (nSPS) is 15.8. The molecule has 1 atom stereocenters. The molecule has 0 saturated carbocycles. The molecule has 2 N–H and O–H groups in total. The van der Waals surface area contributed by atoms with E-state index in [0.29, 0.717) is 10.7 Å². The number of carbonyl (C=O) groups is 1. The molecule has 2 rings (SSSR count). The van der Waals surface area contributed by atoms with E-state index in [1.165, 1.54) is 11.8 Å². The zero-order valence-corrected chi connectivity index (χ0v) is 11.5. The SMILES string of the molecule is C[C@@H](SC1=NCCN1)C(=O)Nc1ccccc1Cl. The highest BCUT2D eigenvalue weighted by atomic mass is 35.5. The van der Waals surface area contributed by atoms with Crippen LogP contribution in [0.1, 0.15) is 6.92 Å². The first kappa shape index (κ1) is 13.2. The Morgan fingerprint density at radius 3 is 3.00 bits per heavy atom. The van der Waals surface area contributed by atoms with Crippen molar-refractivity contribution < 1.29 is 4.79 Å². The van der Waals surface area contributed by atoms with Crippen molar-refractivity contribution in [2.75, 3.05) is 18.4 Å². The highest BCUT2D eigenvalue weighted by Gasteiger charge is 2.18. The fourth-order valence-corrected chi connectivity index (χ4v) is 2.51. The largest absolute Gasteiger partial charge is 0.363 e. The molecule has 0 unspecified atom stereocenters. The van der Waals surface area contributed by atoms with Crippen LogP contribution in [0.5, 0.6) is 0 Å². The maximum atomic E-state index is 12.0. The third-order valence-corrected chi connectivity index (χ3v) is 3.83. The van der Waals surface area contributed by atoms with Gasteiger partial charge in [-0.1, -0.05) is 35.5 Å². The lowest BCUT2D eigenvalue weighted by Gasteiger charge is -2.12. The van der Waals surface area contributed by atoms with E-state index in [2.05, 4.69) is 15.6 Å². The van der Waals surface area contributed by atoms with Crippen LogP contribution in [0.25, 0.3) is 0 Å². The van der Waals surface area contributed by atoms with Gasteiger partial charge in [-0.2, -0.15) is 0 Å². The van der Waals surface area contributed by atoms with Crippen LogP contribution in [0, 0.1) is 0 Å². The molecule has 1 aliphatic rings. The van der Waals surface area contributed by atoms with Gasteiger partial charge in [0.05, 0.1) is 22.5 Å². The number of benzene rings is 1. The van der Waals surface area contributed by atoms with Crippen molar-refractivity contribution in [3.8, 4) is 0 Å². The second kappa shape index (κ2) is 6.11. The number of hydrogen-bond donors (Lipinski definition) is 2. The first-order valence-electron chi connectivity index (χ1n) is 5.67. The molecular weight excluding hydrogens is 270 g/mol. The molecule has 18 heavy (non-hydrogen) atoms. The Morgan fingerprint density at radius 1 is 1.56 bits per heavy atom. The predicted octanol–water partition coefficient (Wildman–Crippen LogP) is 2.36. The monoisotopic (exact) mass is 283 g/mol. The molecule has 0 bridgehead atoms. The first-order chi connectivity index (χ1) is 8.66. The van der Waals surface area contributed by atoms with Crippen LogP contribution in [-0.4, -0.2) is 29.4 Å². The van der Waals surface area contributed by atoms with Crippen LogP contribution in [-0.2, 0) is 4.79 Å². The molecule has 1 amide bonds. The van der Waals surface area contributed by atoms with Crippen molar-refractivity contribution in [1.29, 1.82) is 0 Å². The maximum absolute atomic E-state index is 12.0. The first-order valence-corrected chi connectivity index (χ1v) is 6.93. The van der Waals surface area contributed by atoms with E-state index >= 15 is 0 Å². The summed E-state index contributed by atoms with van der Waals surface area (Å²) in [6, 6.07) is 7.19. The number of carbonyl (C=O) groups excluding carboxylic acids is 1. The van der Waals surface area contributed by atoms with Crippen molar-refractivity contribution in [3.63, 3.8) is 0 Å². The van der Waals surface area contributed by atoms with Crippen LogP contribution in [0.2, 0.25) is 5.02 Å². The molecule has 1 aromatic carbocycles. The summed E-state index contributed by atoms with van der Waals surface area (Å²) in [5, 5.41) is 7.09. The van der Waals surface area contributed by atoms with Crippen LogP contribution >= 0.6 is 23.4 Å². The highest BCUT2D eigenvalue weighted by molar-refractivity contribution is 8.14. The minimum Gasteiger partial charge on any atom is -0.363 e. The Labute approximate surface area is 115 Å². The Bertz CT molecular complexity index is 478. The summed E-state index contributed by atoms with van der Waals surface area (Å²) in [6.07, 6.45) is 0. The van der Waals surface area contributed by atoms with Crippen molar-refractivity contribution in [1.82, 2.24) is 5.32 Å². The number of para-hydroxylation sites is 1. The lowest BCUT2D eigenvalue weighted by molar-refractivity contribution is -0.115. The van der Waals surface area contributed by atoms with E-state index in [1.807, 2.05) is 19.1 Å². The number of anilines is 1. The van der Waals surface area contributed by atoms with Gasteiger partial charge >= 0.3 is 0 Å². The maximum Gasteiger partial charge on any atom is 0.237 e. The number of amides is 1. The van der Waals surface area contributed by atoms with Gasteiger partial charge in [-0.15, -0.1) is 0 Å². The summed E-state index contributed by atoms with van der Waals surface area (Å²) < 4.78 is 0. The van der Waals surface area contributed by atoms with Crippen molar-refractivity contribution in [2.45, 2.75) is 12.2 Å². The van der Waals surface area contributed by atoms with E-state index < -0.39 is 0 Å². The van der Waals surface area contributed by atoms with E-state index in [1.54, 1.807) is 12.1 Å². The molecule has 0 spiro atoms. The quantitative estimate of drug-likeness (QED) is 0.895. The van der Waals surface area contributed by atoms with Gasteiger partial charge < -0.3 is 10.6 Å². The molecule has 0 aliphatic carbocycles. The van der Waals surface area contributed by atoms with Gasteiger partial charge in [0.2, 0.25) is 5.91 Å². The number of aliphatic imine (C=N–C) groups is 1. The Hall–Kier alpha value is -1.20. The number of rotatable bonds is 3. The van der Waals surface area contributed by atoms with Gasteiger partial charge in [0.1, 0.15) is 0 Å². The second-order valence-electron chi connectivity index (χ2n) is 3.84. The molecule has 0 fully saturated rings. The third kappa shape index (κ3) is 3.40. The average molecular weight is 284 g/mol. The summed E-state index contributed by atoms with van der Waals surface area (Å²) >= 11 is 7.41. The van der Waals surface area contributed by atoms with Gasteiger partial charge in [-0.3, -0.25) is 9.79 Å². The molecule has 0 aromatic heterocycles. The number of amidine groups is 1. The van der Waals surface area contributed by atoms with E-state index in [-0.39, 0.29) is 11.2 Å². The fraction of sp³-hybridized carbons (Fsp3) is 0.333. The zero-order valence-electron chi connectivity index (χ0n) is 9.94. The standard InChI is InChI=1S/C12H14ClN3OS/c1-8(18-12-14-6-7-15-12)11(17)16-10-5-3-2-4-9(10)13/h2-5,8H,6-7H2,1H3,(H,14,15)(H,16,17)/t8-/m1/s1. The average Bonchev–Trinajstić information content (AvgIpc) is 2.84. The summed E-state index contributed by atoms with van der Waals surface area (Å²) in [5.41, 5.74) is 0.637. The second-order valence-corrected chi connectivity index (χ2v) is 5.58. The van der Waals surface area contributed by atoms with E-state index in [4.69, 9.17) is 11.6 Å². The minimum atomic E-state index is -0.217.